The van der Waals surface area contributed by atoms with Crippen molar-refractivity contribution < 1.29 is 9.90 Å². The van der Waals surface area contributed by atoms with Crippen molar-refractivity contribution in [1.82, 2.24) is 0 Å². The van der Waals surface area contributed by atoms with Crippen LogP contribution >= 0.6 is 11.3 Å². The Morgan fingerprint density at radius 2 is 2.31 bits per heavy atom. The van der Waals surface area contributed by atoms with Crippen molar-refractivity contribution >= 4 is 17.3 Å². The molecule has 0 aromatic carbocycles. The van der Waals surface area contributed by atoms with Crippen LogP contribution in [-0.4, -0.2) is 11.1 Å². The lowest BCUT2D eigenvalue weighted by Gasteiger charge is -2.15. The van der Waals surface area contributed by atoms with Crippen molar-refractivity contribution in [3.05, 3.63) is 21.4 Å². The molecule has 1 heterocycles. The standard InChI is InChI=1S/C10H12O2S/c1-10(2)4-3-6-5-7(9(11)12)13-8(6)10/h5H,3-4H2,1-2H3,(H,11,12). The Labute approximate surface area is 81.2 Å². The van der Waals surface area contributed by atoms with Crippen molar-refractivity contribution in [2.24, 2.45) is 0 Å². The van der Waals surface area contributed by atoms with Gasteiger partial charge in [0, 0.05) is 4.88 Å². The van der Waals surface area contributed by atoms with Gasteiger partial charge < -0.3 is 5.11 Å². The van der Waals surface area contributed by atoms with Crippen LogP contribution in [-0.2, 0) is 11.8 Å². The number of rotatable bonds is 1. The molecule has 1 aliphatic carbocycles. The molecule has 0 saturated carbocycles. The van der Waals surface area contributed by atoms with Crippen molar-refractivity contribution in [3.8, 4) is 0 Å². The van der Waals surface area contributed by atoms with Crippen LogP contribution in [0.4, 0.5) is 0 Å². The van der Waals surface area contributed by atoms with Gasteiger partial charge in [0.2, 0.25) is 0 Å². The van der Waals surface area contributed by atoms with Crippen molar-refractivity contribution in [3.63, 3.8) is 0 Å². The molecule has 0 saturated heterocycles. The van der Waals surface area contributed by atoms with Gasteiger partial charge in [-0.15, -0.1) is 11.3 Å². The molecule has 0 bridgehead atoms. The molecule has 1 N–H and O–H groups in total. The normalized spacial score (nSPS) is 18.6. The van der Waals surface area contributed by atoms with E-state index in [0.717, 1.165) is 12.8 Å². The van der Waals surface area contributed by atoms with Gasteiger partial charge >= 0.3 is 5.97 Å². The first-order valence-corrected chi connectivity index (χ1v) is 5.19. The van der Waals surface area contributed by atoms with Gasteiger partial charge in [-0.2, -0.15) is 0 Å². The van der Waals surface area contributed by atoms with Crippen LogP contribution in [0.5, 0.6) is 0 Å². The van der Waals surface area contributed by atoms with Crippen LogP contribution in [0, 0.1) is 0 Å². The third-order valence-corrected chi connectivity index (χ3v) is 4.19. The molecule has 1 aromatic rings. The van der Waals surface area contributed by atoms with E-state index in [1.807, 2.05) is 6.07 Å². The molecule has 0 unspecified atom stereocenters. The maximum atomic E-state index is 10.7. The fraction of sp³-hybridized carbons (Fsp3) is 0.500. The molecule has 0 amide bonds. The third-order valence-electron chi connectivity index (χ3n) is 2.65. The minimum atomic E-state index is -0.796. The molecule has 0 fully saturated rings. The SMILES string of the molecule is CC1(C)CCc2cc(C(=O)O)sc21. The van der Waals surface area contributed by atoms with E-state index in [0.29, 0.717) is 4.88 Å². The van der Waals surface area contributed by atoms with Crippen LogP contribution in [0.15, 0.2) is 6.07 Å². The average molecular weight is 196 g/mol. The fourth-order valence-electron chi connectivity index (χ4n) is 1.85. The number of carboxylic acid groups (broad SMARTS) is 1. The van der Waals surface area contributed by atoms with Gasteiger partial charge in [-0.05, 0) is 29.9 Å². The largest absolute Gasteiger partial charge is 0.477 e. The summed E-state index contributed by atoms with van der Waals surface area (Å²) in [6.07, 6.45) is 2.18. The van der Waals surface area contributed by atoms with Crippen LogP contribution in [0.2, 0.25) is 0 Å². The number of hydrogen-bond acceptors (Lipinski definition) is 2. The quantitative estimate of drug-likeness (QED) is 0.749. The average Bonchev–Trinajstić information content (AvgIpc) is 2.53. The highest BCUT2D eigenvalue weighted by Crippen LogP contribution is 2.43. The molecule has 3 heteroatoms. The molecule has 1 aromatic heterocycles. The Balaban J connectivity index is 2.48. The molecule has 0 atom stereocenters. The highest BCUT2D eigenvalue weighted by atomic mass is 32.1. The van der Waals surface area contributed by atoms with E-state index < -0.39 is 5.97 Å². The van der Waals surface area contributed by atoms with Gasteiger partial charge in [-0.3, -0.25) is 0 Å². The predicted molar refractivity (Wildman–Crippen MR) is 52.6 cm³/mol. The summed E-state index contributed by atoms with van der Waals surface area (Å²) >= 11 is 1.44. The second kappa shape index (κ2) is 2.58. The first-order chi connectivity index (χ1) is 6.00. The smallest absolute Gasteiger partial charge is 0.345 e. The first kappa shape index (κ1) is 8.75. The monoisotopic (exact) mass is 196 g/mol. The van der Waals surface area contributed by atoms with E-state index in [1.54, 1.807) is 0 Å². The zero-order valence-electron chi connectivity index (χ0n) is 7.76. The van der Waals surface area contributed by atoms with Crippen LogP contribution in [0.25, 0.3) is 0 Å². The van der Waals surface area contributed by atoms with Crippen molar-refractivity contribution in [1.29, 1.82) is 0 Å². The second-order valence-corrected chi connectivity index (χ2v) is 5.21. The number of carbonyl (C=O) groups is 1. The summed E-state index contributed by atoms with van der Waals surface area (Å²) < 4.78 is 0. The van der Waals surface area contributed by atoms with Gasteiger partial charge in [0.15, 0.2) is 0 Å². The van der Waals surface area contributed by atoms with E-state index in [9.17, 15) is 4.79 Å². The lowest BCUT2D eigenvalue weighted by Crippen LogP contribution is -2.09. The molecule has 2 rings (SSSR count). The molecule has 0 aliphatic heterocycles. The van der Waals surface area contributed by atoms with Crippen molar-refractivity contribution in [2.45, 2.75) is 32.1 Å². The van der Waals surface area contributed by atoms with Gasteiger partial charge in [-0.25, -0.2) is 4.79 Å². The molecular formula is C10H12O2S. The topological polar surface area (TPSA) is 37.3 Å². The number of thiophene rings is 1. The Morgan fingerprint density at radius 3 is 2.85 bits per heavy atom. The zero-order valence-corrected chi connectivity index (χ0v) is 8.57. The lowest BCUT2D eigenvalue weighted by atomic mass is 9.93. The van der Waals surface area contributed by atoms with E-state index >= 15 is 0 Å². The van der Waals surface area contributed by atoms with Gasteiger partial charge in [0.1, 0.15) is 4.88 Å². The summed E-state index contributed by atoms with van der Waals surface area (Å²) in [6, 6.07) is 1.83. The lowest BCUT2D eigenvalue weighted by molar-refractivity contribution is 0.0702. The molecule has 13 heavy (non-hydrogen) atoms. The summed E-state index contributed by atoms with van der Waals surface area (Å²) in [7, 11) is 0. The third kappa shape index (κ3) is 1.27. The number of aryl methyl sites for hydroxylation is 1. The van der Waals surface area contributed by atoms with E-state index in [4.69, 9.17) is 5.11 Å². The summed E-state index contributed by atoms with van der Waals surface area (Å²) in [5.41, 5.74) is 1.43. The summed E-state index contributed by atoms with van der Waals surface area (Å²) in [4.78, 5) is 12.5. The molecular weight excluding hydrogens is 184 g/mol. The maximum absolute atomic E-state index is 10.7. The Kier molecular flexibility index (Phi) is 1.74. The number of aromatic carboxylic acids is 1. The van der Waals surface area contributed by atoms with Gasteiger partial charge in [0.05, 0.1) is 0 Å². The zero-order chi connectivity index (χ0) is 9.64. The van der Waals surface area contributed by atoms with E-state index in [-0.39, 0.29) is 5.41 Å². The van der Waals surface area contributed by atoms with Gasteiger partial charge in [-0.1, -0.05) is 13.8 Å². The Hall–Kier alpha value is -0.830. The molecule has 2 nitrogen and oxygen atoms in total. The maximum Gasteiger partial charge on any atom is 0.345 e. The van der Waals surface area contributed by atoms with E-state index in [1.165, 1.54) is 21.8 Å². The Morgan fingerprint density at radius 1 is 1.62 bits per heavy atom. The number of carboxylic acids is 1. The molecule has 0 spiro atoms. The first-order valence-electron chi connectivity index (χ1n) is 4.37. The van der Waals surface area contributed by atoms with Crippen LogP contribution < -0.4 is 0 Å². The van der Waals surface area contributed by atoms with Gasteiger partial charge in [0.25, 0.3) is 0 Å². The highest BCUT2D eigenvalue weighted by molar-refractivity contribution is 7.14. The minimum Gasteiger partial charge on any atom is -0.477 e. The predicted octanol–water partition coefficient (Wildman–Crippen LogP) is 2.67. The number of fused-ring (bicyclic) bond motifs is 1. The van der Waals surface area contributed by atoms with Crippen LogP contribution in [0.3, 0.4) is 0 Å². The Bertz CT molecular complexity index is 363. The molecule has 0 radical (unpaired) electrons. The molecule has 1 aliphatic rings. The fourth-order valence-corrected chi connectivity index (χ4v) is 3.03. The minimum absolute atomic E-state index is 0.188. The summed E-state index contributed by atoms with van der Waals surface area (Å²) in [5.74, 6) is -0.796. The summed E-state index contributed by atoms with van der Waals surface area (Å²) in [6.45, 7) is 4.36. The number of hydrogen-bond donors (Lipinski definition) is 1. The molecule has 70 valence electrons. The summed E-state index contributed by atoms with van der Waals surface area (Å²) in [5, 5.41) is 8.82. The van der Waals surface area contributed by atoms with E-state index in [2.05, 4.69) is 13.8 Å². The van der Waals surface area contributed by atoms with Crippen molar-refractivity contribution in [2.75, 3.05) is 0 Å². The highest BCUT2D eigenvalue weighted by Gasteiger charge is 2.32. The van der Waals surface area contributed by atoms with Crippen LogP contribution in [0.1, 0.15) is 40.4 Å². The second-order valence-electron chi connectivity index (χ2n) is 4.15.